The maximum Gasteiger partial charge on any atom is 0.174 e. The van der Waals surface area contributed by atoms with Gasteiger partial charge in [-0.1, -0.05) is 18.1 Å². The van der Waals surface area contributed by atoms with Crippen molar-refractivity contribution in [2.75, 3.05) is 6.54 Å². The molecule has 0 unspecified atom stereocenters. The smallest absolute Gasteiger partial charge is 0.174 e. The first kappa shape index (κ1) is 12.6. The fourth-order valence-electron chi connectivity index (χ4n) is 1.51. The van der Waals surface area contributed by atoms with Crippen molar-refractivity contribution in [1.82, 2.24) is 10.5 Å². The molecule has 0 atom stereocenters. The van der Waals surface area contributed by atoms with Crippen LogP contribution in [0, 0.1) is 5.82 Å². The van der Waals surface area contributed by atoms with Crippen LogP contribution in [-0.2, 0) is 13.2 Å². The first-order valence-electron chi connectivity index (χ1n) is 5.81. The van der Waals surface area contributed by atoms with E-state index in [1.165, 1.54) is 12.3 Å². The van der Waals surface area contributed by atoms with Crippen LogP contribution in [0.1, 0.15) is 18.2 Å². The molecular formula is C13H15FN2O2. The fraction of sp³-hybridized carbons (Fsp3) is 0.308. The van der Waals surface area contributed by atoms with Gasteiger partial charge >= 0.3 is 0 Å². The zero-order valence-electron chi connectivity index (χ0n) is 10.1. The highest BCUT2D eigenvalue weighted by molar-refractivity contribution is 5.29. The summed E-state index contributed by atoms with van der Waals surface area (Å²) < 4.78 is 23.9. The van der Waals surface area contributed by atoms with Gasteiger partial charge < -0.3 is 14.6 Å². The molecule has 0 saturated heterocycles. The summed E-state index contributed by atoms with van der Waals surface area (Å²) in [4.78, 5) is 0. The van der Waals surface area contributed by atoms with Crippen LogP contribution in [0.2, 0.25) is 0 Å². The number of benzene rings is 1. The maximum absolute atomic E-state index is 13.7. The second-order valence-electron chi connectivity index (χ2n) is 3.81. The molecule has 96 valence electrons. The Morgan fingerprint density at radius 2 is 2.28 bits per heavy atom. The minimum atomic E-state index is -0.370. The van der Waals surface area contributed by atoms with Crippen LogP contribution in [0.15, 0.2) is 35.0 Å². The highest BCUT2D eigenvalue weighted by atomic mass is 19.1. The number of aromatic nitrogens is 1. The zero-order chi connectivity index (χ0) is 12.8. The third-order valence-corrected chi connectivity index (χ3v) is 2.44. The second kappa shape index (κ2) is 6.16. The van der Waals surface area contributed by atoms with Gasteiger partial charge in [-0.3, -0.25) is 0 Å². The summed E-state index contributed by atoms with van der Waals surface area (Å²) in [6, 6.07) is 6.61. The minimum Gasteiger partial charge on any atom is -0.482 e. The Balaban J connectivity index is 1.96. The van der Waals surface area contributed by atoms with Gasteiger partial charge in [-0.05, 0) is 24.2 Å². The standard InChI is InChI=1S/C13H15FN2O2/c1-2-15-8-10-3-4-13(12(14)7-10)17-9-11-5-6-16-18-11/h3-7,15H,2,8-9H2,1H3. The summed E-state index contributed by atoms with van der Waals surface area (Å²) in [5.74, 6) is 0.405. The molecule has 1 aromatic heterocycles. The van der Waals surface area contributed by atoms with E-state index in [1.807, 2.05) is 13.0 Å². The SMILES string of the molecule is CCNCc1ccc(OCc2ccno2)c(F)c1. The molecule has 2 aromatic rings. The summed E-state index contributed by atoms with van der Waals surface area (Å²) in [5, 5.41) is 6.68. The Hall–Kier alpha value is -1.88. The Bertz CT molecular complexity index is 486. The van der Waals surface area contributed by atoms with E-state index >= 15 is 0 Å². The molecule has 1 N–H and O–H groups in total. The molecule has 0 saturated carbocycles. The molecule has 0 aliphatic rings. The Morgan fingerprint density at radius 3 is 2.94 bits per heavy atom. The normalized spacial score (nSPS) is 10.6. The molecule has 2 rings (SSSR count). The lowest BCUT2D eigenvalue weighted by Gasteiger charge is -2.07. The van der Waals surface area contributed by atoms with Crippen LogP contribution >= 0.6 is 0 Å². The number of nitrogens with one attached hydrogen (secondary N) is 1. The van der Waals surface area contributed by atoms with E-state index in [9.17, 15) is 4.39 Å². The average Bonchev–Trinajstić information content (AvgIpc) is 2.88. The van der Waals surface area contributed by atoms with Gasteiger partial charge in [0, 0.05) is 12.6 Å². The topological polar surface area (TPSA) is 47.3 Å². The minimum absolute atomic E-state index is 0.170. The van der Waals surface area contributed by atoms with E-state index < -0.39 is 0 Å². The monoisotopic (exact) mass is 250 g/mol. The number of halogens is 1. The third-order valence-electron chi connectivity index (χ3n) is 2.44. The molecule has 0 aliphatic heterocycles. The van der Waals surface area contributed by atoms with Gasteiger partial charge in [0.1, 0.15) is 6.61 Å². The van der Waals surface area contributed by atoms with Gasteiger partial charge in [0.2, 0.25) is 0 Å². The van der Waals surface area contributed by atoms with Crippen LogP contribution in [-0.4, -0.2) is 11.7 Å². The second-order valence-corrected chi connectivity index (χ2v) is 3.81. The fourth-order valence-corrected chi connectivity index (χ4v) is 1.51. The van der Waals surface area contributed by atoms with E-state index in [0.717, 1.165) is 12.1 Å². The van der Waals surface area contributed by atoms with E-state index in [2.05, 4.69) is 10.5 Å². The predicted molar refractivity (Wildman–Crippen MR) is 64.6 cm³/mol. The summed E-state index contributed by atoms with van der Waals surface area (Å²) >= 11 is 0. The first-order valence-corrected chi connectivity index (χ1v) is 5.81. The Labute approximate surface area is 105 Å². The van der Waals surface area contributed by atoms with Gasteiger partial charge in [0.15, 0.2) is 17.3 Å². The lowest BCUT2D eigenvalue weighted by molar-refractivity contribution is 0.240. The van der Waals surface area contributed by atoms with Gasteiger partial charge in [0.05, 0.1) is 6.20 Å². The molecule has 5 heteroatoms. The molecule has 0 spiro atoms. The van der Waals surface area contributed by atoms with Crippen molar-refractivity contribution >= 4 is 0 Å². The van der Waals surface area contributed by atoms with Crippen LogP contribution in [0.4, 0.5) is 4.39 Å². The van der Waals surface area contributed by atoms with Crippen LogP contribution in [0.5, 0.6) is 5.75 Å². The number of hydrogen-bond donors (Lipinski definition) is 1. The summed E-state index contributed by atoms with van der Waals surface area (Å²) in [6.45, 7) is 3.68. The molecule has 0 bridgehead atoms. The lowest BCUT2D eigenvalue weighted by atomic mass is 10.2. The third kappa shape index (κ3) is 3.30. The number of ether oxygens (including phenoxy) is 1. The number of nitrogens with zero attached hydrogens (tertiary/aromatic N) is 1. The lowest BCUT2D eigenvalue weighted by Crippen LogP contribution is -2.11. The first-order chi connectivity index (χ1) is 8.79. The highest BCUT2D eigenvalue weighted by Crippen LogP contribution is 2.19. The molecule has 4 nitrogen and oxygen atoms in total. The molecule has 1 aromatic carbocycles. The quantitative estimate of drug-likeness (QED) is 0.855. The van der Waals surface area contributed by atoms with E-state index in [0.29, 0.717) is 12.3 Å². The van der Waals surface area contributed by atoms with Crippen LogP contribution in [0.3, 0.4) is 0 Å². The highest BCUT2D eigenvalue weighted by Gasteiger charge is 2.06. The summed E-state index contributed by atoms with van der Waals surface area (Å²) in [6.07, 6.45) is 1.52. The maximum atomic E-state index is 13.7. The molecule has 1 heterocycles. The van der Waals surface area contributed by atoms with E-state index in [1.54, 1.807) is 12.1 Å². The van der Waals surface area contributed by atoms with Gasteiger partial charge in [0.25, 0.3) is 0 Å². The predicted octanol–water partition coefficient (Wildman–Crippen LogP) is 2.50. The van der Waals surface area contributed by atoms with Crippen LogP contribution < -0.4 is 10.1 Å². The van der Waals surface area contributed by atoms with E-state index in [-0.39, 0.29) is 18.2 Å². The van der Waals surface area contributed by atoms with Gasteiger partial charge in [-0.15, -0.1) is 0 Å². The van der Waals surface area contributed by atoms with Crippen molar-refractivity contribution in [2.24, 2.45) is 0 Å². The van der Waals surface area contributed by atoms with Crippen molar-refractivity contribution in [3.05, 3.63) is 47.6 Å². The molecule has 0 aliphatic carbocycles. The molecule has 18 heavy (non-hydrogen) atoms. The van der Waals surface area contributed by atoms with Gasteiger partial charge in [-0.25, -0.2) is 4.39 Å². The molecule has 0 amide bonds. The average molecular weight is 250 g/mol. The summed E-state index contributed by atoms with van der Waals surface area (Å²) in [5.41, 5.74) is 0.890. The van der Waals surface area contributed by atoms with Crippen molar-refractivity contribution in [3.63, 3.8) is 0 Å². The van der Waals surface area contributed by atoms with Crippen LogP contribution in [0.25, 0.3) is 0 Å². The van der Waals surface area contributed by atoms with Crippen molar-refractivity contribution in [2.45, 2.75) is 20.1 Å². The zero-order valence-corrected chi connectivity index (χ0v) is 10.1. The molecular weight excluding hydrogens is 235 g/mol. The van der Waals surface area contributed by atoms with Crippen molar-refractivity contribution in [1.29, 1.82) is 0 Å². The Morgan fingerprint density at radius 1 is 1.39 bits per heavy atom. The summed E-state index contributed by atoms with van der Waals surface area (Å²) in [7, 11) is 0. The van der Waals surface area contributed by atoms with E-state index in [4.69, 9.17) is 9.26 Å². The number of hydrogen-bond acceptors (Lipinski definition) is 4. The van der Waals surface area contributed by atoms with Gasteiger partial charge in [-0.2, -0.15) is 0 Å². The largest absolute Gasteiger partial charge is 0.482 e. The number of rotatable bonds is 6. The Kier molecular flexibility index (Phi) is 4.30. The van der Waals surface area contributed by atoms with Crippen molar-refractivity contribution in [3.8, 4) is 5.75 Å². The molecule has 0 fully saturated rings. The van der Waals surface area contributed by atoms with Crippen molar-refractivity contribution < 1.29 is 13.7 Å². The molecule has 0 radical (unpaired) electrons.